The van der Waals surface area contributed by atoms with Crippen molar-refractivity contribution in [2.45, 2.75) is 58.4 Å². The van der Waals surface area contributed by atoms with Crippen LogP contribution in [0, 0.1) is 25.7 Å². The fourth-order valence-electron chi connectivity index (χ4n) is 3.49. The molecule has 19 heavy (non-hydrogen) atoms. The van der Waals surface area contributed by atoms with E-state index in [1.54, 1.807) is 5.56 Å². The van der Waals surface area contributed by atoms with Crippen molar-refractivity contribution in [2.24, 2.45) is 11.8 Å². The first-order valence-corrected chi connectivity index (χ1v) is 8.02. The van der Waals surface area contributed by atoms with Crippen molar-refractivity contribution in [3.63, 3.8) is 0 Å². The molecule has 0 heterocycles. The van der Waals surface area contributed by atoms with Crippen LogP contribution in [0.2, 0.25) is 0 Å². The van der Waals surface area contributed by atoms with Crippen LogP contribution in [-0.2, 0) is 6.42 Å². The maximum atomic E-state index is 3.73. The predicted molar refractivity (Wildman–Crippen MR) is 81.5 cm³/mol. The molecule has 0 amide bonds. The average molecular weight is 257 g/mol. The zero-order valence-corrected chi connectivity index (χ0v) is 12.4. The van der Waals surface area contributed by atoms with E-state index in [9.17, 15) is 0 Å². The van der Waals surface area contributed by atoms with Gasteiger partial charge in [-0.2, -0.15) is 0 Å². The minimum atomic E-state index is 0.864. The molecule has 2 saturated carbocycles. The van der Waals surface area contributed by atoms with Crippen LogP contribution >= 0.6 is 0 Å². The van der Waals surface area contributed by atoms with Crippen LogP contribution in [0.3, 0.4) is 0 Å². The molecule has 104 valence electrons. The number of hydrogen-bond donors (Lipinski definition) is 1. The van der Waals surface area contributed by atoms with E-state index in [1.807, 2.05) is 0 Å². The first-order chi connectivity index (χ1) is 9.22. The molecule has 0 aromatic heterocycles. The molecule has 0 spiro atoms. The standard InChI is InChI=1S/C18H27N/c1-13-6-7-15(10-14(13)2)11-16-4-3-5-17(16)12-19-18-8-9-18/h6-7,10,16-19H,3-5,8-9,11-12H2,1-2H3. The molecule has 2 unspecified atom stereocenters. The van der Waals surface area contributed by atoms with Crippen LogP contribution in [-0.4, -0.2) is 12.6 Å². The Morgan fingerprint density at radius 2 is 1.79 bits per heavy atom. The third-order valence-electron chi connectivity index (χ3n) is 5.13. The second-order valence-corrected chi connectivity index (χ2v) is 6.76. The van der Waals surface area contributed by atoms with Crippen LogP contribution in [0.4, 0.5) is 0 Å². The van der Waals surface area contributed by atoms with Crippen LogP contribution in [0.1, 0.15) is 48.8 Å². The summed E-state index contributed by atoms with van der Waals surface area (Å²) in [5.74, 6) is 1.83. The molecule has 3 rings (SSSR count). The topological polar surface area (TPSA) is 12.0 Å². The first kappa shape index (κ1) is 13.2. The van der Waals surface area contributed by atoms with E-state index in [0.717, 1.165) is 17.9 Å². The Kier molecular flexibility index (Phi) is 3.93. The minimum Gasteiger partial charge on any atom is -0.314 e. The zero-order chi connectivity index (χ0) is 13.2. The molecule has 2 atom stereocenters. The van der Waals surface area contributed by atoms with Gasteiger partial charge in [0.2, 0.25) is 0 Å². The molecule has 1 nitrogen and oxygen atoms in total. The number of benzene rings is 1. The zero-order valence-electron chi connectivity index (χ0n) is 12.4. The van der Waals surface area contributed by atoms with Gasteiger partial charge in [0.1, 0.15) is 0 Å². The van der Waals surface area contributed by atoms with Gasteiger partial charge in [0.15, 0.2) is 0 Å². The van der Waals surface area contributed by atoms with E-state index in [-0.39, 0.29) is 0 Å². The van der Waals surface area contributed by atoms with Crippen molar-refractivity contribution >= 4 is 0 Å². The molecule has 0 bridgehead atoms. The highest BCUT2D eigenvalue weighted by Crippen LogP contribution is 2.34. The molecule has 0 radical (unpaired) electrons. The lowest BCUT2D eigenvalue weighted by Gasteiger charge is -2.20. The highest BCUT2D eigenvalue weighted by atomic mass is 14.9. The van der Waals surface area contributed by atoms with Gasteiger partial charge < -0.3 is 5.32 Å². The molecule has 1 aromatic carbocycles. The molecule has 2 aliphatic rings. The smallest absolute Gasteiger partial charge is 0.00683 e. The Hall–Kier alpha value is -0.820. The Balaban J connectivity index is 1.58. The molecular formula is C18H27N. The maximum Gasteiger partial charge on any atom is 0.00683 e. The van der Waals surface area contributed by atoms with Crippen LogP contribution in [0.5, 0.6) is 0 Å². The monoisotopic (exact) mass is 257 g/mol. The number of aryl methyl sites for hydroxylation is 2. The Labute approximate surface area is 117 Å². The summed E-state index contributed by atoms with van der Waals surface area (Å²) in [6.45, 7) is 5.71. The highest BCUT2D eigenvalue weighted by molar-refractivity contribution is 5.30. The summed E-state index contributed by atoms with van der Waals surface area (Å²) in [4.78, 5) is 0. The van der Waals surface area contributed by atoms with E-state index >= 15 is 0 Å². The van der Waals surface area contributed by atoms with Gasteiger partial charge in [-0.05, 0) is 81.0 Å². The number of nitrogens with one attached hydrogen (secondary N) is 1. The van der Waals surface area contributed by atoms with E-state index in [0.29, 0.717) is 0 Å². The van der Waals surface area contributed by atoms with Crippen molar-refractivity contribution in [3.05, 3.63) is 34.9 Å². The SMILES string of the molecule is Cc1ccc(CC2CCCC2CNC2CC2)cc1C. The molecule has 0 aliphatic heterocycles. The quantitative estimate of drug-likeness (QED) is 0.840. The summed E-state index contributed by atoms with van der Waals surface area (Å²) >= 11 is 0. The lowest BCUT2D eigenvalue weighted by molar-refractivity contribution is 0.364. The van der Waals surface area contributed by atoms with Gasteiger partial charge in [-0.3, -0.25) is 0 Å². The maximum absolute atomic E-state index is 3.73. The van der Waals surface area contributed by atoms with Crippen molar-refractivity contribution in [1.82, 2.24) is 5.32 Å². The fourth-order valence-corrected chi connectivity index (χ4v) is 3.49. The average Bonchev–Trinajstić information content (AvgIpc) is 3.12. The fraction of sp³-hybridized carbons (Fsp3) is 0.667. The van der Waals surface area contributed by atoms with Crippen molar-refractivity contribution in [2.75, 3.05) is 6.54 Å². The van der Waals surface area contributed by atoms with Gasteiger partial charge in [-0.1, -0.05) is 24.6 Å². The summed E-state index contributed by atoms with van der Waals surface area (Å²) in [5.41, 5.74) is 4.41. The van der Waals surface area contributed by atoms with Gasteiger partial charge in [-0.15, -0.1) is 0 Å². The predicted octanol–water partition coefficient (Wildman–Crippen LogP) is 4.01. The van der Waals surface area contributed by atoms with Gasteiger partial charge in [0.05, 0.1) is 0 Å². The molecule has 1 aromatic rings. The Bertz CT molecular complexity index is 433. The third kappa shape index (κ3) is 3.39. The summed E-state index contributed by atoms with van der Waals surface area (Å²) < 4.78 is 0. The van der Waals surface area contributed by atoms with Crippen LogP contribution in [0.15, 0.2) is 18.2 Å². The largest absolute Gasteiger partial charge is 0.314 e. The van der Waals surface area contributed by atoms with Crippen molar-refractivity contribution < 1.29 is 0 Å². The molecule has 2 aliphatic carbocycles. The molecule has 1 N–H and O–H groups in total. The molecule has 1 heteroatoms. The van der Waals surface area contributed by atoms with Gasteiger partial charge >= 0.3 is 0 Å². The molecular weight excluding hydrogens is 230 g/mol. The molecule has 0 saturated heterocycles. The van der Waals surface area contributed by atoms with E-state index in [4.69, 9.17) is 0 Å². The second-order valence-electron chi connectivity index (χ2n) is 6.76. The second kappa shape index (κ2) is 5.66. The van der Waals surface area contributed by atoms with Crippen molar-refractivity contribution in [1.29, 1.82) is 0 Å². The van der Waals surface area contributed by atoms with Crippen LogP contribution < -0.4 is 5.32 Å². The van der Waals surface area contributed by atoms with Crippen LogP contribution in [0.25, 0.3) is 0 Å². The van der Waals surface area contributed by atoms with Gasteiger partial charge in [-0.25, -0.2) is 0 Å². The van der Waals surface area contributed by atoms with E-state index < -0.39 is 0 Å². The summed E-state index contributed by atoms with van der Waals surface area (Å²) in [5, 5.41) is 3.73. The first-order valence-electron chi connectivity index (χ1n) is 8.02. The lowest BCUT2D eigenvalue weighted by Crippen LogP contribution is -2.27. The van der Waals surface area contributed by atoms with E-state index in [2.05, 4.69) is 37.4 Å². The minimum absolute atomic E-state index is 0.864. The van der Waals surface area contributed by atoms with Gasteiger partial charge in [0.25, 0.3) is 0 Å². The summed E-state index contributed by atoms with van der Waals surface area (Å²) in [7, 11) is 0. The number of rotatable bonds is 5. The lowest BCUT2D eigenvalue weighted by atomic mass is 9.88. The molecule has 2 fully saturated rings. The Morgan fingerprint density at radius 3 is 2.53 bits per heavy atom. The van der Waals surface area contributed by atoms with Gasteiger partial charge in [0, 0.05) is 6.04 Å². The normalized spacial score (nSPS) is 26.8. The van der Waals surface area contributed by atoms with E-state index in [1.165, 1.54) is 56.2 Å². The highest BCUT2D eigenvalue weighted by Gasteiger charge is 2.29. The van der Waals surface area contributed by atoms with Crippen molar-refractivity contribution in [3.8, 4) is 0 Å². The number of hydrogen-bond acceptors (Lipinski definition) is 1. The Morgan fingerprint density at radius 1 is 1.00 bits per heavy atom. The third-order valence-corrected chi connectivity index (χ3v) is 5.13. The summed E-state index contributed by atoms with van der Waals surface area (Å²) in [6, 6.07) is 7.89. The summed E-state index contributed by atoms with van der Waals surface area (Å²) in [6.07, 6.45) is 8.42.